The molecule has 1 fully saturated rings. The molecule has 0 spiro atoms. The van der Waals surface area contributed by atoms with Crippen LogP contribution in [-0.4, -0.2) is 48.5 Å². The lowest BCUT2D eigenvalue weighted by Crippen LogP contribution is -2.29. The number of ether oxygens (including phenoxy) is 2. The summed E-state index contributed by atoms with van der Waals surface area (Å²) >= 11 is 0. The van der Waals surface area contributed by atoms with E-state index < -0.39 is 17.7 Å². The first-order valence-corrected chi connectivity index (χ1v) is 11.5. The second-order valence-electron chi connectivity index (χ2n) is 8.48. The molecule has 2 aliphatic heterocycles. The fourth-order valence-corrected chi connectivity index (χ4v) is 4.54. The Bertz CT molecular complexity index is 1300. The van der Waals surface area contributed by atoms with E-state index in [0.29, 0.717) is 42.6 Å². The largest absolute Gasteiger partial charge is 0.507 e. The molecule has 0 bridgehead atoms. The van der Waals surface area contributed by atoms with E-state index in [1.165, 1.54) is 11.2 Å². The molecule has 0 radical (unpaired) electrons. The van der Waals surface area contributed by atoms with Crippen molar-refractivity contribution in [3.8, 4) is 11.5 Å². The van der Waals surface area contributed by atoms with Crippen LogP contribution in [0.3, 0.4) is 0 Å². The molecule has 3 aromatic rings. The Hall–Kier alpha value is -4.20. The van der Waals surface area contributed by atoms with Gasteiger partial charge in [0.1, 0.15) is 35.7 Å². The molecule has 35 heavy (non-hydrogen) atoms. The molecule has 180 valence electrons. The minimum Gasteiger partial charge on any atom is -0.507 e. The fourth-order valence-electron chi connectivity index (χ4n) is 4.54. The number of fused-ring (bicyclic) bond motifs is 1. The number of rotatable bonds is 6. The number of hydrogen-bond acceptors (Lipinski definition) is 7. The maximum absolute atomic E-state index is 13.2. The molecule has 0 saturated carbocycles. The lowest BCUT2D eigenvalue weighted by atomic mass is 9.98. The van der Waals surface area contributed by atoms with Crippen LogP contribution < -0.4 is 14.4 Å². The Kier molecular flexibility index (Phi) is 5.94. The number of ketones is 1. The molecule has 8 nitrogen and oxygen atoms in total. The van der Waals surface area contributed by atoms with Gasteiger partial charge in [-0.15, -0.1) is 0 Å². The van der Waals surface area contributed by atoms with Gasteiger partial charge in [0.2, 0.25) is 0 Å². The maximum Gasteiger partial charge on any atom is 0.296 e. The van der Waals surface area contributed by atoms with Crippen LogP contribution in [-0.2, 0) is 16.1 Å². The number of amides is 1. The third-order valence-electron chi connectivity index (χ3n) is 6.24. The normalized spacial score (nSPS) is 19.0. The summed E-state index contributed by atoms with van der Waals surface area (Å²) in [5, 5.41) is 11.3. The van der Waals surface area contributed by atoms with Gasteiger partial charge in [0.25, 0.3) is 11.7 Å². The van der Waals surface area contributed by atoms with Crippen molar-refractivity contribution in [3.05, 3.63) is 83.3 Å². The highest BCUT2D eigenvalue weighted by Crippen LogP contribution is 2.42. The standard InChI is InChI=1S/C27H26N2O6/c1-3-33-19-7-4-6-17(14-19)16-29-24(22-8-5-12-34-22)23(26(31)27(29)32)25(30)18-9-10-21-20(15-18)28(2)11-13-35-21/h4-10,12,14-15,24,30H,3,11,13,16H2,1-2H3/b25-23-. The van der Waals surface area contributed by atoms with Gasteiger partial charge >= 0.3 is 0 Å². The SMILES string of the molecule is CCOc1cccc(CN2C(=O)C(=O)/C(=C(\O)c3ccc4c(c3)N(C)CCO4)C2c2ccco2)c1. The summed E-state index contributed by atoms with van der Waals surface area (Å²) in [6.45, 7) is 3.83. The van der Waals surface area contributed by atoms with Gasteiger partial charge in [0.05, 0.1) is 30.7 Å². The highest BCUT2D eigenvalue weighted by atomic mass is 16.5. The van der Waals surface area contributed by atoms with Crippen LogP contribution in [0.4, 0.5) is 5.69 Å². The summed E-state index contributed by atoms with van der Waals surface area (Å²) in [7, 11) is 1.93. The summed E-state index contributed by atoms with van der Waals surface area (Å²) in [6.07, 6.45) is 1.48. The van der Waals surface area contributed by atoms with Crippen molar-refractivity contribution in [3.63, 3.8) is 0 Å². The first kappa shape index (κ1) is 22.6. The van der Waals surface area contributed by atoms with Gasteiger partial charge in [-0.05, 0) is 55.0 Å². The number of likely N-dealkylation sites (tertiary alicyclic amines) is 1. The van der Waals surface area contributed by atoms with E-state index >= 15 is 0 Å². The summed E-state index contributed by atoms with van der Waals surface area (Å²) < 4.78 is 16.9. The molecule has 1 atom stereocenters. The molecule has 5 rings (SSSR count). The molecule has 8 heteroatoms. The minimum absolute atomic E-state index is 0.00903. The number of carbonyl (C=O) groups is 2. The Labute approximate surface area is 203 Å². The first-order chi connectivity index (χ1) is 17.0. The van der Waals surface area contributed by atoms with Crippen molar-refractivity contribution in [1.29, 1.82) is 0 Å². The third-order valence-corrected chi connectivity index (χ3v) is 6.24. The van der Waals surface area contributed by atoms with Crippen LogP contribution >= 0.6 is 0 Å². The molecule has 1 aromatic heterocycles. The van der Waals surface area contributed by atoms with E-state index in [0.717, 1.165) is 11.3 Å². The lowest BCUT2D eigenvalue weighted by molar-refractivity contribution is -0.140. The van der Waals surface area contributed by atoms with Crippen LogP contribution in [0.25, 0.3) is 5.76 Å². The first-order valence-electron chi connectivity index (χ1n) is 11.5. The quantitative estimate of drug-likeness (QED) is 0.326. The van der Waals surface area contributed by atoms with Crippen LogP contribution in [0, 0.1) is 0 Å². The van der Waals surface area contributed by atoms with Gasteiger partial charge in [0, 0.05) is 19.2 Å². The number of nitrogens with zero attached hydrogens (tertiary/aromatic N) is 2. The van der Waals surface area contributed by atoms with Crippen molar-refractivity contribution in [2.75, 3.05) is 31.7 Å². The monoisotopic (exact) mass is 474 g/mol. The fraction of sp³-hybridized carbons (Fsp3) is 0.259. The van der Waals surface area contributed by atoms with Crippen LogP contribution in [0.5, 0.6) is 11.5 Å². The van der Waals surface area contributed by atoms with Crippen LogP contribution in [0.2, 0.25) is 0 Å². The van der Waals surface area contributed by atoms with Gasteiger partial charge in [-0.2, -0.15) is 0 Å². The maximum atomic E-state index is 13.2. The van der Waals surface area contributed by atoms with Gasteiger partial charge in [-0.25, -0.2) is 0 Å². The van der Waals surface area contributed by atoms with E-state index in [1.54, 1.807) is 30.3 Å². The zero-order valence-corrected chi connectivity index (χ0v) is 19.6. The van der Waals surface area contributed by atoms with Crippen molar-refractivity contribution in [2.45, 2.75) is 19.5 Å². The molecule has 1 saturated heterocycles. The number of furan rings is 1. The number of aliphatic hydroxyl groups is 1. The van der Waals surface area contributed by atoms with Gasteiger partial charge in [0.15, 0.2) is 0 Å². The summed E-state index contributed by atoms with van der Waals surface area (Å²) in [4.78, 5) is 29.9. The summed E-state index contributed by atoms with van der Waals surface area (Å²) in [5.41, 5.74) is 2.01. The molecule has 1 unspecified atom stereocenters. The second-order valence-corrected chi connectivity index (χ2v) is 8.48. The Morgan fingerprint density at radius 3 is 2.77 bits per heavy atom. The molecule has 2 aromatic carbocycles. The minimum atomic E-state index is -0.870. The van der Waals surface area contributed by atoms with E-state index in [4.69, 9.17) is 13.9 Å². The number of Topliss-reactive ketones (excluding diaryl/α,β-unsaturated/α-hetero) is 1. The van der Waals surface area contributed by atoms with E-state index in [-0.39, 0.29) is 17.9 Å². The molecule has 1 N–H and O–H groups in total. The number of likely N-dealkylation sites (N-methyl/N-ethyl adjacent to an activating group) is 1. The number of aliphatic hydroxyl groups excluding tert-OH is 1. The van der Waals surface area contributed by atoms with Gasteiger partial charge in [-0.1, -0.05) is 12.1 Å². The highest BCUT2D eigenvalue weighted by Gasteiger charge is 2.47. The van der Waals surface area contributed by atoms with E-state index in [9.17, 15) is 14.7 Å². The Morgan fingerprint density at radius 1 is 1.14 bits per heavy atom. The second kappa shape index (κ2) is 9.21. The smallest absolute Gasteiger partial charge is 0.296 e. The van der Waals surface area contributed by atoms with Crippen LogP contribution in [0.1, 0.15) is 29.9 Å². The topological polar surface area (TPSA) is 92.5 Å². The molecule has 0 aliphatic carbocycles. The van der Waals surface area contributed by atoms with Crippen molar-refractivity contribution >= 4 is 23.1 Å². The summed E-state index contributed by atoms with van der Waals surface area (Å²) in [5.74, 6) is 0.0617. The predicted octanol–water partition coefficient (Wildman–Crippen LogP) is 4.13. The Balaban J connectivity index is 1.57. The molecular formula is C27H26N2O6. The summed E-state index contributed by atoms with van der Waals surface area (Å²) in [6, 6.07) is 15.1. The average molecular weight is 475 g/mol. The van der Waals surface area contributed by atoms with Crippen molar-refractivity contribution in [2.24, 2.45) is 0 Å². The van der Waals surface area contributed by atoms with E-state index in [1.807, 2.05) is 43.1 Å². The number of anilines is 1. The van der Waals surface area contributed by atoms with Gasteiger partial charge < -0.3 is 28.8 Å². The Morgan fingerprint density at radius 2 is 2.00 bits per heavy atom. The number of benzene rings is 2. The van der Waals surface area contributed by atoms with Crippen LogP contribution in [0.15, 0.2) is 70.9 Å². The van der Waals surface area contributed by atoms with E-state index in [2.05, 4.69) is 0 Å². The molecule has 1 amide bonds. The third kappa shape index (κ3) is 4.12. The average Bonchev–Trinajstić information content (AvgIpc) is 3.47. The zero-order valence-electron chi connectivity index (χ0n) is 19.6. The molecule has 3 heterocycles. The number of carbonyl (C=O) groups excluding carboxylic acids is 2. The molecular weight excluding hydrogens is 448 g/mol. The zero-order chi connectivity index (χ0) is 24.5. The number of hydrogen-bond donors (Lipinski definition) is 1. The molecule has 2 aliphatic rings. The lowest BCUT2D eigenvalue weighted by Gasteiger charge is -2.28. The van der Waals surface area contributed by atoms with Crippen molar-refractivity contribution < 1.29 is 28.6 Å². The predicted molar refractivity (Wildman–Crippen MR) is 129 cm³/mol. The van der Waals surface area contributed by atoms with Gasteiger partial charge in [-0.3, -0.25) is 9.59 Å². The van der Waals surface area contributed by atoms with Crippen molar-refractivity contribution in [1.82, 2.24) is 4.90 Å². The highest BCUT2D eigenvalue weighted by molar-refractivity contribution is 6.46.